The van der Waals surface area contributed by atoms with Gasteiger partial charge in [-0.05, 0) is 12.0 Å². The van der Waals surface area contributed by atoms with E-state index in [4.69, 9.17) is 14.0 Å². The Morgan fingerprint density at radius 2 is 2.00 bits per heavy atom. The van der Waals surface area contributed by atoms with Gasteiger partial charge in [-0.25, -0.2) is 0 Å². The van der Waals surface area contributed by atoms with Crippen LogP contribution in [0.3, 0.4) is 0 Å². The summed E-state index contributed by atoms with van der Waals surface area (Å²) >= 11 is 0. The van der Waals surface area contributed by atoms with Crippen molar-refractivity contribution in [2.24, 2.45) is 5.41 Å². The lowest BCUT2D eigenvalue weighted by Crippen LogP contribution is -2.35. The van der Waals surface area contributed by atoms with Gasteiger partial charge in [-0.2, -0.15) is 4.98 Å². The summed E-state index contributed by atoms with van der Waals surface area (Å²) in [6.07, 6.45) is 0.468. The van der Waals surface area contributed by atoms with E-state index in [0.717, 1.165) is 6.54 Å². The van der Waals surface area contributed by atoms with Crippen LogP contribution >= 0.6 is 0 Å². The molecule has 0 saturated heterocycles. The standard InChI is InChI=1S/C14H27N3O3/c1-7-15-10(9-18-5)8-11-16-13(17-20-11)12(19-6)14(2,3)4/h10,12,15H,7-9H2,1-6H3. The van der Waals surface area contributed by atoms with Gasteiger partial charge < -0.3 is 19.3 Å². The molecule has 2 unspecified atom stereocenters. The lowest BCUT2D eigenvalue weighted by Gasteiger charge is -2.26. The Kier molecular flexibility index (Phi) is 6.58. The lowest BCUT2D eigenvalue weighted by molar-refractivity contribution is 0.00718. The minimum atomic E-state index is -0.181. The van der Waals surface area contributed by atoms with Gasteiger partial charge in [0, 0.05) is 26.7 Å². The van der Waals surface area contributed by atoms with Crippen LogP contribution < -0.4 is 5.32 Å². The third kappa shape index (κ3) is 4.85. The summed E-state index contributed by atoms with van der Waals surface area (Å²) in [6.45, 7) is 9.80. The summed E-state index contributed by atoms with van der Waals surface area (Å²) in [4.78, 5) is 4.45. The van der Waals surface area contributed by atoms with Gasteiger partial charge in [-0.15, -0.1) is 0 Å². The molecule has 0 aliphatic rings. The fourth-order valence-electron chi connectivity index (χ4n) is 2.19. The number of nitrogens with zero attached hydrogens (tertiary/aromatic N) is 2. The summed E-state index contributed by atoms with van der Waals surface area (Å²) in [5.41, 5.74) is -0.0799. The van der Waals surface area contributed by atoms with Crippen LogP contribution in [0.25, 0.3) is 0 Å². The quantitative estimate of drug-likeness (QED) is 0.787. The highest BCUT2D eigenvalue weighted by Crippen LogP contribution is 2.33. The molecule has 0 aliphatic carbocycles. The number of ether oxygens (including phenoxy) is 2. The van der Waals surface area contributed by atoms with E-state index in [1.165, 1.54) is 0 Å². The molecule has 6 heteroatoms. The predicted molar refractivity (Wildman–Crippen MR) is 76.5 cm³/mol. The average Bonchev–Trinajstić information content (AvgIpc) is 2.77. The van der Waals surface area contributed by atoms with Crippen molar-refractivity contribution in [2.45, 2.75) is 46.3 Å². The molecule has 2 atom stereocenters. The van der Waals surface area contributed by atoms with Crippen LogP contribution in [0.2, 0.25) is 0 Å². The topological polar surface area (TPSA) is 69.4 Å². The first-order valence-electron chi connectivity index (χ1n) is 7.00. The van der Waals surface area contributed by atoms with Crippen molar-refractivity contribution in [3.05, 3.63) is 11.7 Å². The molecule has 0 radical (unpaired) electrons. The van der Waals surface area contributed by atoms with E-state index in [-0.39, 0.29) is 17.6 Å². The molecule has 0 bridgehead atoms. The third-order valence-corrected chi connectivity index (χ3v) is 3.02. The van der Waals surface area contributed by atoms with E-state index in [1.807, 2.05) is 0 Å². The zero-order valence-corrected chi connectivity index (χ0v) is 13.4. The second-order valence-electron chi connectivity index (χ2n) is 5.94. The Bertz CT molecular complexity index is 381. The Hall–Kier alpha value is -0.980. The third-order valence-electron chi connectivity index (χ3n) is 3.02. The fourth-order valence-corrected chi connectivity index (χ4v) is 2.19. The van der Waals surface area contributed by atoms with Crippen molar-refractivity contribution < 1.29 is 14.0 Å². The lowest BCUT2D eigenvalue weighted by atomic mass is 9.88. The molecule has 116 valence electrons. The SMILES string of the molecule is CCNC(COC)Cc1nc(C(OC)C(C)(C)C)no1. The van der Waals surface area contributed by atoms with Gasteiger partial charge >= 0.3 is 0 Å². The van der Waals surface area contributed by atoms with Crippen LogP contribution in [0.5, 0.6) is 0 Å². The number of hydrogen-bond donors (Lipinski definition) is 1. The predicted octanol–water partition coefficient (Wildman–Crippen LogP) is 1.97. The van der Waals surface area contributed by atoms with Gasteiger partial charge in [0.25, 0.3) is 0 Å². The van der Waals surface area contributed by atoms with Crippen LogP contribution in [0.4, 0.5) is 0 Å². The molecule has 1 heterocycles. The highest BCUT2D eigenvalue weighted by molar-refractivity contribution is 4.97. The Labute approximate surface area is 121 Å². The van der Waals surface area contributed by atoms with Crippen molar-refractivity contribution in [3.63, 3.8) is 0 Å². The second kappa shape index (κ2) is 7.71. The minimum absolute atomic E-state index is 0.0799. The van der Waals surface area contributed by atoms with E-state index in [0.29, 0.717) is 24.7 Å². The van der Waals surface area contributed by atoms with E-state index in [1.54, 1.807) is 14.2 Å². The Morgan fingerprint density at radius 1 is 1.30 bits per heavy atom. The fraction of sp³-hybridized carbons (Fsp3) is 0.857. The second-order valence-corrected chi connectivity index (χ2v) is 5.94. The molecule has 0 saturated carbocycles. The molecule has 0 fully saturated rings. The first-order chi connectivity index (χ1) is 9.42. The zero-order valence-electron chi connectivity index (χ0n) is 13.4. The summed E-state index contributed by atoms with van der Waals surface area (Å²) in [6, 6.07) is 0.175. The molecule has 0 spiro atoms. The summed E-state index contributed by atoms with van der Waals surface area (Å²) < 4.78 is 16.0. The zero-order chi connectivity index (χ0) is 15.2. The molecule has 0 aromatic carbocycles. The van der Waals surface area contributed by atoms with Crippen LogP contribution in [0, 0.1) is 5.41 Å². The molecule has 1 N–H and O–H groups in total. The number of methoxy groups -OCH3 is 2. The molecule has 0 aliphatic heterocycles. The summed E-state index contributed by atoms with van der Waals surface area (Å²) in [7, 11) is 3.35. The first kappa shape index (κ1) is 17.1. The maximum absolute atomic E-state index is 5.49. The monoisotopic (exact) mass is 285 g/mol. The number of aromatic nitrogens is 2. The Balaban J connectivity index is 2.75. The molecular formula is C14H27N3O3. The molecule has 0 amide bonds. The largest absolute Gasteiger partial charge is 0.383 e. The maximum atomic E-state index is 5.49. The van der Waals surface area contributed by atoms with Crippen molar-refractivity contribution in [1.82, 2.24) is 15.5 Å². The molecule has 6 nitrogen and oxygen atoms in total. The number of likely N-dealkylation sites (N-methyl/N-ethyl adjacent to an activating group) is 1. The summed E-state index contributed by atoms with van der Waals surface area (Å²) in [5.74, 6) is 1.21. The highest BCUT2D eigenvalue weighted by Gasteiger charge is 2.30. The van der Waals surface area contributed by atoms with Crippen LogP contribution in [0.15, 0.2) is 4.52 Å². The number of hydrogen-bond acceptors (Lipinski definition) is 6. The van der Waals surface area contributed by atoms with Crippen LogP contribution in [-0.4, -0.2) is 43.6 Å². The number of rotatable bonds is 8. The normalized spacial score (nSPS) is 15.3. The van der Waals surface area contributed by atoms with Crippen LogP contribution in [0.1, 0.15) is 45.5 Å². The molecule has 1 aromatic rings. The van der Waals surface area contributed by atoms with E-state index < -0.39 is 0 Å². The van der Waals surface area contributed by atoms with Gasteiger partial charge in [0.1, 0.15) is 6.10 Å². The average molecular weight is 285 g/mol. The van der Waals surface area contributed by atoms with Crippen molar-refractivity contribution in [2.75, 3.05) is 27.4 Å². The van der Waals surface area contributed by atoms with Gasteiger partial charge in [0.15, 0.2) is 0 Å². The van der Waals surface area contributed by atoms with E-state index in [2.05, 4.69) is 43.2 Å². The van der Waals surface area contributed by atoms with Crippen LogP contribution in [-0.2, 0) is 15.9 Å². The van der Waals surface area contributed by atoms with Crippen molar-refractivity contribution in [1.29, 1.82) is 0 Å². The summed E-state index contributed by atoms with van der Waals surface area (Å²) in [5, 5.41) is 7.38. The van der Waals surface area contributed by atoms with Crippen molar-refractivity contribution in [3.8, 4) is 0 Å². The molecule has 1 rings (SSSR count). The van der Waals surface area contributed by atoms with Crippen molar-refractivity contribution >= 4 is 0 Å². The minimum Gasteiger partial charge on any atom is -0.383 e. The van der Waals surface area contributed by atoms with E-state index >= 15 is 0 Å². The van der Waals surface area contributed by atoms with Gasteiger partial charge in [-0.1, -0.05) is 32.9 Å². The molecular weight excluding hydrogens is 258 g/mol. The maximum Gasteiger partial charge on any atom is 0.228 e. The smallest absolute Gasteiger partial charge is 0.228 e. The Morgan fingerprint density at radius 3 is 2.50 bits per heavy atom. The van der Waals surface area contributed by atoms with E-state index in [9.17, 15) is 0 Å². The van der Waals surface area contributed by atoms with Gasteiger partial charge in [0.05, 0.1) is 6.61 Å². The molecule has 20 heavy (non-hydrogen) atoms. The van der Waals surface area contributed by atoms with Gasteiger partial charge in [-0.3, -0.25) is 0 Å². The molecule has 1 aromatic heterocycles. The first-order valence-corrected chi connectivity index (χ1v) is 7.00. The highest BCUT2D eigenvalue weighted by atomic mass is 16.5. The number of nitrogens with one attached hydrogen (secondary N) is 1. The van der Waals surface area contributed by atoms with Gasteiger partial charge in [0.2, 0.25) is 11.7 Å².